The van der Waals surface area contributed by atoms with E-state index < -0.39 is 0 Å². The van der Waals surface area contributed by atoms with Crippen LogP contribution in [0.15, 0.2) is 114 Å². The van der Waals surface area contributed by atoms with Crippen LogP contribution in [0.2, 0.25) is 0 Å². The first-order valence-electron chi connectivity index (χ1n) is 12.0. The molecule has 0 aliphatic carbocycles. The molecule has 0 bridgehead atoms. The van der Waals surface area contributed by atoms with Gasteiger partial charge in [0.2, 0.25) is 17.4 Å². The number of hydrogen-bond acceptors (Lipinski definition) is 5. The fourth-order valence-electron chi connectivity index (χ4n) is 4.97. The molecule has 7 nitrogen and oxygen atoms in total. The topological polar surface area (TPSA) is 74.0 Å². The van der Waals surface area contributed by atoms with Crippen LogP contribution >= 0.6 is 0 Å². The highest BCUT2D eigenvalue weighted by atomic mass is 16.3. The van der Waals surface area contributed by atoms with E-state index in [0.717, 1.165) is 38.6 Å². The predicted octanol–water partition coefficient (Wildman–Crippen LogP) is 6.70. The standard InChI is InChI=1S/C30H18N6O/c1-3-11-19(12-4-1)26-31-27(20-13-5-2-6-14-20)33-29(32-26)36-23-17-9-8-16-22(23)35-25-21-15-7-10-18-24(21)37-28(25)34-30(35)36/h1-18H. The number of para-hydroxylation sites is 3. The molecule has 0 saturated carbocycles. The highest BCUT2D eigenvalue weighted by Gasteiger charge is 2.23. The molecule has 4 aromatic carbocycles. The van der Waals surface area contributed by atoms with E-state index in [1.165, 1.54) is 0 Å². The van der Waals surface area contributed by atoms with Crippen LogP contribution in [0, 0.1) is 0 Å². The largest absolute Gasteiger partial charge is 0.436 e. The van der Waals surface area contributed by atoms with Gasteiger partial charge in [0.1, 0.15) is 11.1 Å². The summed E-state index contributed by atoms with van der Waals surface area (Å²) < 4.78 is 10.2. The van der Waals surface area contributed by atoms with Crippen LogP contribution < -0.4 is 0 Å². The molecule has 174 valence electrons. The fraction of sp³-hybridized carbons (Fsp3) is 0. The summed E-state index contributed by atoms with van der Waals surface area (Å²) in [6.45, 7) is 0. The molecular weight excluding hydrogens is 460 g/mol. The van der Waals surface area contributed by atoms with Crippen molar-refractivity contribution in [1.82, 2.24) is 28.9 Å². The number of imidazole rings is 2. The zero-order chi connectivity index (χ0) is 24.3. The van der Waals surface area contributed by atoms with Crippen molar-refractivity contribution in [2.24, 2.45) is 0 Å². The van der Waals surface area contributed by atoms with Gasteiger partial charge in [-0.2, -0.15) is 15.0 Å². The van der Waals surface area contributed by atoms with Gasteiger partial charge < -0.3 is 4.42 Å². The maximum atomic E-state index is 6.12. The summed E-state index contributed by atoms with van der Waals surface area (Å²) in [5.41, 5.74) is 6.09. The van der Waals surface area contributed by atoms with Gasteiger partial charge in [0.05, 0.1) is 11.0 Å². The minimum atomic E-state index is 0.496. The summed E-state index contributed by atoms with van der Waals surface area (Å²) in [6, 6.07) is 36.1. The van der Waals surface area contributed by atoms with Crippen LogP contribution in [0.3, 0.4) is 0 Å². The second-order valence-electron chi connectivity index (χ2n) is 8.84. The smallest absolute Gasteiger partial charge is 0.248 e. The first-order chi connectivity index (χ1) is 18.3. The number of hydrogen-bond donors (Lipinski definition) is 0. The Morgan fingerprint density at radius 2 is 1.14 bits per heavy atom. The number of aromatic nitrogens is 6. The maximum absolute atomic E-state index is 6.12. The Bertz CT molecular complexity index is 2030. The summed E-state index contributed by atoms with van der Waals surface area (Å²) in [6.07, 6.45) is 0. The molecule has 8 rings (SSSR count). The van der Waals surface area contributed by atoms with Crippen molar-refractivity contribution in [3.63, 3.8) is 0 Å². The number of nitrogens with zero attached hydrogens (tertiary/aromatic N) is 6. The van der Waals surface area contributed by atoms with Crippen molar-refractivity contribution in [2.75, 3.05) is 0 Å². The van der Waals surface area contributed by atoms with E-state index in [1.54, 1.807) is 0 Å². The summed E-state index contributed by atoms with van der Waals surface area (Å²) in [5, 5.41) is 1.01. The van der Waals surface area contributed by atoms with Gasteiger partial charge in [-0.15, -0.1) is 0 Å². The Morgan fingerprint density at radius 3 is 1.84 bits per heavy atom. The molecule has 0 atom stereocenters. The first-order valence-corrected chi connectivity index (χ1v) is 12.0. The maximum Gasteiger partial charge on any atom is 0.248 e. The van der Waals surface area contributed by atoms with E-state index in [9.17, 15) is 0 Å². The number of fused-ring (bicyclic) bond motifs is 7. The zero-order valence-electron chi connectivity index (χ0n) is 19.5. The van der Waals surface area contributed by atoms with Gasteiger partial charge in [0.15, 0.2) is 11.6 Å². The SMILES string of the molecule is c1ccc(-c2nc(-c3ccccc3)nc(-n3c4ccccc4n4c5c(nc34)oc3ccccc35)n2)cc1. The summed E-state index contributed by atoms with van der Waals surface area (Å²) in [7, 11) is 0. The molecular formula is C30H18N6O. The van der Waals surface area contributed by atoms with Gasteiger partial charge >= 0.3 is 0 Å². The summed E-state index contributed by atoms with van der Waals surface area (Å²) in [5.74, 6) is 2.38. The number of benzene rings is 4. The predicted molar refractivity (Wildman–Crippen MR) is 144 cm³/mol. The van der Waals surface area contributed by atoms with E-state index >= 15 is 0 Å². The van der Waals surface area contributed by atoms with Crippen molar-refractivity contribution < 1.29 is 4.42 Å². The van der Waals surface area contributed by atoms with E-state index in [-0.39, 0.29) is 0 Å². The van der Waals surface area contributed by atoms with Gasteiger partial charge in [0, 0.05) is 16.5 Å². The highest BCUT2D eigenvalue weighted by molar-refractivity contribution is 6.05. The van der Waals surface area contributed by atoms with Gasteiger partial charge in [-0.05, 0) is 24.3 Å². The molecule has 4 aromatic heterocycles. The molecule has 7 heteroatoms. The van der Waals surface area contributed by atoms with E-state index in [0.29, 0.717) is 29.1 Å². The minimum absolute atomic E-state index is 0.496. The zero-order valence-corrected chi connectivity index (χ0v) is 19.5. The van der Waals surface area contributed by atoms with Crippen molar-refractivity contribution in [3.05, 3.63) is 109 Å². The van der Waals surface area contributed by atoms with E-state index in [2.05, 4.69) is 22.6 Å². The third kappa shape index (κ3) is 2.94. The lowest BCUT2D eigenvalue weighted by Crippen LogP contribution is -2.06. The van der Waals surface area contributed by atoms with Crippen molar-refractivity contribution >= 4 is 39.0 Å². The molecule has 0 radical (unpaired) electrons. The quantitative estimate of drug-likeness (QED) is 0.283. The Morgan fingerprint density at radius 1 is 0.541 bits per heavy atom. The van der Waals surface area contributed by atoms with E-state index in [4.69, 9.17) is 24.4 Å². The van der Waals surface area contributed by atoms with Gasteiger partial charge in [-0.3, -0.25) is 4.40 Å². The van der Waals surface area contributed by atoms with Gasteiger partial charge in [-0.1, -0.05) is 84.9 Å². The van der Waals surface area contributed by atoms with Gasteiger partial charge in [0.25, 0.3) is 0 Å². The second kappa shape index (κ2) is 7.60. The first kappa shape index (κ1) is 19.9. The molecule has 0 fully saturated rings. The lowest BCUT2D eigenvalue weighted by atomic mass is 10.2. The normalized spacial score (nSPS) is 11.8. The number of furan rings is 1. The van der Waals surface area contributed by atoms with Crippen LogP contribution in [0.1, 0.15) is 0 Å². The molecule has 0 unspecified atom stereocenters. The Balaban J connectivity index is 1.49. The molecule has 0 amide bonds. The van der Waals surface area contributed by atoms with Crippen LogP contribution in [-0.2, 0) is 0 Å². The molecule has 0 aliphatic rings. The Labute approximate surface area is 210 Å². The third-order valence-corrected chi connectivity index (χ3v) is 6.63. The summed E-state index contributed by atoms with van der Waals surface area (Å²) in [4.78, 5) is 19.7. The lowest BCUT2D eigenvalue weighted by molar-refractivity contribution is 0.656. The monoisotopic (exact) mass is 478 g/mol. The number of rotatable bonds is 3. The van der Waals surface area contributed by atoms with E-state index in [1.807, 2.05) is 95.6 Å². The molecule has 4 heterocycles. The molecule has 0 spiro atoms. The second-order valence-corrected chi connectivity index (χ2v) is 8.84. The molecule has 0 aliphatic heterocycles. The van der Waals surface area contributed by atoms with Crippen molar-refractivity contribution in [3.8, 4) is 28.7 Å². The molecule has 8 aromatic rings. The van der Waals surface area contributed by atoms with Crippen LogP contribution in [-0.4, -0.2) is 28.9 Å². The Kier molecular flexibility index (Phi) is 4.10. The summed E-state index contributed by atoms with van der Waals surface area (Å²) >= 11 is 0. The Hall–Kier alpha value is -5.30. The average Bonchev–Trinajstić information content (AvgIpc) is 3.60. The van der Waals surface area contributed by atoms with Crippen LogP contribution in [0.25, 0.3) is 67.7 Å². The molecule has 37 heavy (non-hydrogen) atoms. The van der Waals surface area contributed by atoms with Gasteiger partial charge in [-0.25, -0.2) is 9.55 Å². The highest BCUT2D eigenvalue weighted by Crippen LogP contribution is 2.34. The third-order valence-electron chi connectivity index (χ3n) is 6.63. The molecule has 0 N–H and O–H groups in total. The molecule has 0 saturated heterocycles. The van der Waals surface area contributed by atoms with Crippen LogP contribution in [0.4, 0.5) is 0 Å². The van der Waals surface area contributed by atoms with Crippen LogP contribution in [0.5, 0.6) is 0 Å². The minimum Gasteiger partial charge on any atom is -0.436 e. The average molecular weight is 479 g/mol. The lowest BCUT2D eigenvalue weighted by Gasteiger charge is -2.09. The van der Waals surface area contributed by atoms with Crippen molar-refractivity contribution in [2.45, 2.75) is 0 Å². The van der Waals surface area contributed by atoms with Crippen molar-refractivity contribution in [1.29, 1.82) is 0 Å². The fourth-order valence-corrected chi connectivity index (χ4v) is 4.97.